The highest BCUT2D eigenvalue weighted by Crippen LogP contribution is 2.32. The normalized spacial score (nSPS) is 16.3. The van der Waals surface area contributed by atoms with Crippen molar-refractivity contribution in [1.29, 1.82) is 0 Å². The summed E-state index contributed by atoms with van der Waals surface area (Å²) in [6.07, 6.45) is 10.4. The second kappa shape index (κ2) is 8.60. The zero-order valence-electron chi connectivity index (χ0n) is 16.2. The number of aryl methyl sites for hydroxylation is 1. The molecule has 4 heterocycles. The van der Waals surface area contributed by atoms with E-state index in [-0.39, 0.29) is 11.9 Å². The average molecular weight is 386 g/mol. The Labute approximate surface area is 169 Å². The van der Waals surface area contributed by atoms with Gasteiger partial charge in [-0.3, -0.25) is 9.78 Å². The molecule has 1 atom stereocenters. The quantitative estimate of drug-likeness (QED) is 0.673. The van der Waals surface area contributed by atoms with E-state index in [1.165, 1.54) is 0 Å². The van der Waals surface area contributed by atoms with Crippen LogP contribution in [0.4, 0.5) is 11.6 Å². The molecule has 1 unspecified atom stereocenters. The SMILES string of the molecule is Cc1nc(Nc2ccccn2)cc(C2CCCN2C(=O)/C=C/c2cccnc2)n1. The summed E-state index contributed by atoms with van der Waals surface area (Å²) >= 11 is 0. The predicted octanol–water partition coefficient (Wildman–Crippen LogP) is 3.70. The number of pyridine rings is 2. The van der Waals surface area contributed by atoms with Gasteiger partial charge in [0, 0.05) is 37.3 Å². The maximum atomic E-state index is 12.8. The van der Waals surface area contributed by atoms with Crippen LogP contribution in [0.2, 0.25) is 0 Å². The van der Waals surface area contributed by atoms with E-state index < -0.39 is 0 Å². The first-order valence-electron chi connectivity index (χ1n) is 9.61. The van der Waals surface area contributed by atoms with Crippen molar-refractivity contribution in [3.8, 4) is 0 Å². The third kappa shape index (κ3) is 4.63. The highest BCUT2D eigenvalue weighted by Gasteiger charge is 2.30. The van der Waals surface area contributed by atoms with Gasteiger partial charge < -0.3 is 10.2 Å². The number of nitrogens with one attached hydrogen (secondary N) is 1. The lowest BCUT2D eigenvalue weighted by molar-refractivity contribution is -0.126. The molecule has 1 N–H and O–H groups in total. The van der Waals surface area contributed by atoms with Gasteiger partial charge in [0.1, 0.15) is 17.5 Å². The van der Waals surface area contributed by atoms with Gasteiger partial charge in [0.25, 0.3) is 0 Å². The first-order chi connectivity index (χ1) is 14.2. The first kappa shape index (κ1) is 18.7. The van der Waals surface area contributed by atoms with Gasteiger partial charge in [-0.1, -0.05) is 12.1 Å². The molecule has 4 rings (SSSR count). The van der Waals surface area contributed by atoms with Gasteiger partial charge in [0.2, 0.25) is 5.91 Å². The van der Waals surface area contributed by atoms with Gasteiger partial charge in [-0.15, -0.1) is 0 Å². The van der Waals surface area contributed by atoms with E-state index in [2.05, 4.69) is 25.3 Å². The summed E-state index contributed by atoms with van der Waals surface area (Å²) in [7, 11) is 0. The molecule has 1 saturated heterocycles. The largest absolute Gasteiger partial charge is 0.331 e. The summed E-state index contributed by atoms with van der Waals surface area (Å²) in [4.78, 5) is 32.1. The molecule has 3 aromatic heterocycles. The second-order valence-corrected chi connectivity index (χ2v) is 6.87. The molecule has 1 fully saturated rings. The fourth-order valence-electron chi connectivity index (χ4n) is 3.47. The smallest absolute Gasteiger partial charge is 0.247 e. The topological polar surface area (TPSA) is 83.9 Å². The lowest BCUT2D eigenvalue weighted by atomic mass is 10.1. The van der Waals surface area contributed by atoms with Gasteiger partial charge in [-0.05, 0) is 49.6 Å². The number of carbonyl (C=O) groups excluding carboxylic acids is 1. The molecule has 3 aromatic rings. The van der Waals surface area contributed by atoms with Crippen molar-refractivity contribution in [3.63, 3.8) is 0 Å². The number of amides is 1. The van der Waals surface area contributed by atoms with Crippen molar-refractivity contribution in [2.75, 3.05) is 11.9 Å². The van der Waals surface area contributed by atoms with Crippen molar-refractivity contribution in [2.45, 2.75) is 25.8 Å². The average Bonchev–Trinajstić information content (AvgIpc) is 3.23. The number of hydrogen-bond donors (Lipinski definition) is 1. The molecule has 0 saturated carbocycles. The van der Waals surface area contributed by atoms with Crippen LogP contribution in [-0.4, -0.2) is 37.3 Å². The molecule has 29 heavy (non-hydrogen) atoms. The molecule has 1 aliphatic rings. The Morgan fingerprint density at radius 3 is 2.90 bits per heavy atom. The molecule has 7 heteroatoms. The van der Waals surface area contributed by atoms with Crippen molar-refractivity contribution in [1.82, 2.24) is 24.8 Å². The lowest BCUT2D eigenvalue weighted by Gasteiger charge is -2.23. The minimum atomic E-state index is -0.0629. The molecular formula is C22H22N6O. The molecule has 0 radical (unpaired) electrons. The Bertz CT molecular complexity index is 1010. The molecule has 146 valence electrons. The van der Waals surface area contributed by atoms with Crippen molar-refractivity contribution >= 4 is 23.6 Å². The van der Waals surface area contributed by atoms with E-state index in [9.17, 15) is 4.79 Å². The van der Waals surface area contributed by atoms with Gasteiger partial charge in [-0.2, -0.15) is 0 Å². The lowest BCUT2D eigenvalue weighted by Crippen LogP contribution is -2.29. The summed E-state index contributed by atoms with van der Waals surface area (Å²) in [5, 5.41) is 3.21. The van der Waals surface area contributed by atoms with Crippen LogP contribution in [-0.2, 0) is 4.79 Å². The molecule has 1 aliphatic heterocycles. The number of carbonyl (C=O) groups is 1. The van der Waals surface area contributed by atoms with Crippen LogP contribution in [0.25, 0.3) is 6.08 Å². The second-order valence-electron chi connectivity index (χ2n) is 6.87. The van der Waals surface area contributed by atoms with Crippen molar-refractivity contribution in [2.24, 2.45) is 0 Å². The Balaban J connectivity index is 1.53. The minimum Gasteiger partial charge on any atom is -0.331 e. The van der Waals surface area contributed by atoms with Crippen LogP contribution in [0, 0.1) is 6.92 Å². The van der Waals surface area contributed by atoms with Gasteiger partial charge >= 0.3 is 0 Å². The Morgan fingerprint density at radius 1 is 1.17 bits per heavy atom. The first-order valence-corrected chi connectivity index (χ1v) is 9.61. The summed E-state index contributed by atoms with van der Waals surface area (Å²) in [6, 6.07) is 11.3. The monoisotopic (exact) mass is 386 g/mol. The zero-order chi connectivity index (χ0) is 20.1. The molecule has 0 bridgehead atoms. The standard InChI is InChI=1S/C22H22N6O/c1-16-25-18(14-21(26-16)27-20-8-2-3-12-24-20)19-7-5-13-28(19)22(29)10-9-17-6-4-11-23-15-17/h2-4,6,8-12,14-15,19H,5,7,13H2,1H3,(H,24,25,26,27)/b10-9+. The van der Waals surface area contributed by atoms with Crippen LogP contribution in [0.15, 0.2) is 61.1 Å². The summed E-state index contributed by atoms with van der Waals surface area (Å²) in [5.41, 5.74) is 1.74. The number of likely N-dealkylation sites (tertiary alicyclic amines) is 1. The molecule has 0 aromatic carbocycles. The number of aromatic nitrogens is 4. The number of anilines is 2. The maximum absolute atomic E-state index is 12.8. The van der Waals surface area contributed by atoms with Crippen LogP contribution < -0.4 is 5.32 Å². The van der Waals surface area contributed by atoms with Gasteiger partial charge in [0.15, 0.2) is 0 Å². The molecule has 7 nitrogen and oxygen atoms in total. The highest BCUT2D eigenvalue weighted by molar-refractivity contribution is 5.92. The minimum absolute atomic E-state index is 0.0214. The Kier molecular flexibility index (Phi) is 5.56. The van der Waals surface area contributed by atoms with Crippen LogP contribution in [0.5, 0.6) is 0 Å². The van der Waals surface area contributed by atoms with Crippen LogP contribution in [0.3, 0.4) is 0 Å². The van der Waals surface area contributed by atoms with Crippen LogP contribution in [0.1, 0.15) is 36.0 Å². The fraction of sp³-hybridized carbons (Fsp3) is 0.227. The van der Waals surface area contributed by atoms with Gasteiger partial charge in [0.05, 0.1) is 11.7 Å². The number of rotatable bonds is 5. The van der Waals surface area contributed by atoms with E-state index in [1.54, 1.807) is 30.7 Å². The Morgan fingerprint density at radius 2 is 2.10 bits per heavy atom. The summed E-state index contributed by atoms with van der Waals surface area (Å²) in [6.45, 7) is 2.57. The van der Waals surface area contributed by atoms with Crippen molar-refractivity contribution < 1.29 is 4.79 Å². The van der Waals surface area contributed by atoms with E-state index in [0.29, 0.717) is 18.2 Å². The van der Waals surface area contributed by atoms with E-state index in [1.807, 2.05) is 48.2 Å². The third-order valence-electron chi connectivity index (χ3n) is 4.76. The number of nitrogens with zero attached hydrogens (tertiary/aromatic N) is 5. The highest BCUT2D eigenvalue weighted by atomic mass is 16.2. The van der Waals surface area contributed by atoms with E-state index in [4.69, 9.17) is 0 Å². The molecule has 1 amide bonds. The van der Waals surface area contributed by atoms with E-state index in [0.717, 1.165) is 29.9 Å². The molecule has 0 aliphatic carbocycles. The zero-order valence-corrected chi connectivity index (χ0v) is 16.2. The maximum Gasteiger partial charge on any atom is 0.247 e. The van der Waals surface area contributed by atoms with Crippen LogP contribution >= 0.6 is 0 Å². The summed E-state index contributed by atoms with van der Waals surface area (Å²) < 4.78 is 0. The van der Waals surface area contributed by atoms with E-state index >= 15 is 0 Å². The molecular weight excluding hydrogens is 364 g/mol. The predicted molar refractivity (Wildman–Crippen MR) is 111 cm³/mol. The Hall–Kier alpha value is -3.61. The third-order valence-corrected chi connectivity index (χ3v) is 4.76. The van der Waals surface area contributed by atoms with Crippen molar-refractivity contribution in [3.05, 3.63) is 78.1 Å². The molecule has 0 spiro atoms. The summed E-state index contributed by atoms with van der Waals surface area (Å²) in [5.74, 6) is 2.03. The number of hydrogen-bond acceptors (Lipinski definition) is 6. The fourth-order valence-corrected chi connectivity index (χ4v) is 3.47. The van der Waals surface area contributed by atoms with Gasteiger partial charge in [-0.25, -0.2) is 15.0 Å².